The Morgan fingerprint density at radius 3 is 2.58 bits per heavy atom. The van der Waals surface area contributed by atoms with Gasteiger partial charge in [0.15, 0.2) is 8.32 Å². The van der Waals surface area contributed by atoms with E-state index in [1.165, 1.54) is 7.11 Å². The molecule has 31 heavy (non-hydrogen) atoms. The van der Waals surface area contributed by atoms with E-state index in [0.717, 1.165) is 34.6 Å². The van der Waals surface area contributed by atoms with Gasteiger partial charge >= 0.3 is 6.09 Å². The number of ether oxygens (including phenoxy) is 1. The molecular weight excluding hydrogens is 430 g/mol. The number of hydrogen-bond acceptors (Lipinski definition) is 4. The van der Waals surface area contributed by atoms with E-state index in [-0.39, 0.29) is 11.0 Å². The summed E-state index contributed by atoms with van der Waals surface area (Å²) >= 11 is 7.19. The van der Waals surface area contributed by atoms with Crippen molar-refractivity contribution in [1.82, 2.24) is 0 Å². The Hall–Kier alpha value is -1.63. The van der Waals surface area contributed by atoms with Crippen molar-refractivity contribution in [3.8, 4) is 0 Å². The standard InChI is InChI=1S/C24H32ClNO4Si/c1-22(2,3)31(5,6)30-15-23-11-12-24(16(13-23)14-27)19(20(23)25)17-9-7-8-10-18(17)26(24)21(28)29-4/h7-10,14,16H,11-13,15H2,1-6H3/t16-,23+,24+/m0/s1. The summed E-state index contributed by atoms with van der Waals surface area (Å²) in [6, 6.07) is 7.74. The van der Waals surface area contributed by atoms with Gasteiger partial charge < -0.3 is 14.0 Å². The van der Waals surface area contributed by atoms with Gasteiger partial charge in [0.2, 0.25) is 0 Å². The fourth-order valence-electron chi connectivity index (χ4n) is 5.35. The third kappa shape index (κ3) is 2.98. The molecule has 2 bridgehead atoms. The van der Waals surface area contributed by atoms with E-state index in [4.69, 9.17) is 20.8 Å². The number of carbonyl (C=O) groups excluding carboxylic acids is 2. The van der Waals surface area contributed by atoms with Crippen molar-refractivity contribution >= 4 is 43.6 Å². The van der Waals surface area contributed by atoms with Crippen LogP contribution < -0.4 is 4.90 Å². The molecule has 0 unspecified atom stereocenters. The van der Waals surface area contributed by atoms with Crippen LogP contribution in [0.15, 0.2) is 29.3 Å². The minimum Gasteiger partial charge on any atom is -0.452 e. The first-order valence-electron chi connectivity index (χ1n) is 10.9. The van der Waals surface area contributed by atoms with Crippen LogP contribution in [0.3, 0.4) is 0 Å². The Morgan fingerprint density at radius 2 is 1.97 bits per heavy atom. The van der Waals surface area contributed by atoms with Crippen molar-refractivity contribution in [3.63, 3.8) is 0 Å². The molecule has 168 valence electrons. The van der Waals surface area contributed by atoms with Crippen LogP contribution in [0.4, 0.5) is 10.5 Å². The number of halogens is 1. The average molecular weight is 462 g/mol. The molecule has 3 atom stereocenters. The molecule has 5 rings (SSSR count). The number of nitrogens with zero attached hydrogens (tertiary/aromatic N) is 1. The van der Waals surface area contributed by atoms with E-state index in [1.54, 1.807) is 4.90 Å². The van der Waals surface area contributed by atoms with Crippen molar-refractivity contribution < 1.29 is 18.8 Å². The topological polar surface area (TPSA) is 55.8 Å². The van der Waals surface area contributed by atoms with Gasteiger partial charge in [0.25, 0.3) is 0 Å². The lowest BCUT2D eigenvalue weighted by Crippen LogP contribution is -2.63. The Balaban J connectivity index is 1.86. The van der Waals surface area contributed by atoms with Gasteiger partial charge in [0, 0.05) is 34.1 Å². The molecule has 4 aliphatic rings. The molecule has 1 aromatic rings. The molecule has 1 amide bonds. The van der Waals surface area contributed by atoms with Gasteiger partial charge in [0.05, 0.1) is 18.3 Å². The Labute approximate surface area is 190 Å². The molecule has 1 fully saturated rings. The maximum atomic E-state index is 12.9. The second-order valence-electron chi connectivity index (χ2n) is 10.7. The highest BCUT2D eigenvalue weighted by atomic mass is 35.5. The number of amides is 1. The van der Waals surface area contributed by atoms with Gasteiger partial charge in [-0.05, 0) is 43.5 Å². The van der Waals surface area contributed by atoms with Crippen LogP contribution in [0.2, 0.25) is 18.1 Å². The molecule has 0 radical (unpaired) electrons. The molecule has 1 saturated carbocycles. The number of carbonyl (C=O) groups is 2. The van der Waals surface area contributed by atoms with E-state index in [1.807, 2.05) is 24.3 Å². The smallest absolute Gasteiger partial charge is 0.414 e. The Kier molecular flexibility index (Phi) is 5.23. The van der Waals surface area contributed by atoms with E-state index in [9.17, 15) is 9.59 Å². The molecule has 0 aromatic heterocycles. The average Bonchev–Trinajstić information content (AvgIpc) is 3.03. The van der Waals surface area contributed by atoms with Crippen LogP contribution in [0, 0.1) is 11.3 Å². The molecule has 1 aliphatic heterocycles. The summed E-state index contributed by atoms with van der Waals surface area (Å²) in [7, 11) is -0.616. The summed E-state index contributed by atoms with van der Waals surface area (Å²) in [6.07, 6.45) is 2.56. The summed E-state index contributed by atoms with van der Waals surface area (Å²) < 4.78 is 11.8. The highest BCUT2D eigenvalue weighted by Crippen LogP contribution is 2.68. The number of fused-ring (bicyclic) bond motifs is 3. The predicted molar refractivity (Wildman–Crippen MR) is 126 cm³/mol. The SMILES string of the molecule is COC(=O)N1c2ccccc2C2=C(Cl)[C@]3(CO[Si](C)(C)C(C)(C)C)CC[C@@]21[C@H](C=O)C3. The molecule has 1 spiro atoms. The molecule has 5 nitrogen and oxygen atoms in total. The van der Waals surface area contributed by atoms with Crippen molar-refractivity contribution in [1.29, 1.82) is 0 Å². The molecule has 3 aliphatic carbocycles. The summed E-state index contributed by atoms with van der Waals surface area (Å²) in [6.45, 7) is 11.6. The lowest BCUT2D eigenvalue weighted by molar-refractivity contribution is -0.115. The van der Waals surface area contributed by atoms with Gasteiger partial charge in [-0.3, -0.25) is 4.90 Å². The molecule has 7 heteroatoms. The largest absolute Gasteiger partial charge is 0.452 e. The summed E-state index contributed by atoms with van der Waals surface area (Å²) in [5.74, 6) is -0.367. The van der Waals surface area contributed by atoms with Crippen LogP contribution in [-0.4, -0.2) is 40.0 Å². The number of aldehydes is 1. The normalized spacial score (nSPS) is 29.6. The van der Waals surface area contributed by atoms with Crippen molar-refractivity contribution in [2.24, 2.45) is 11.3 Å². The van der Waals surface area contributed by atoms with Gasteiger partial charge in [-0.15, -0.1) is 0 Å². The number of para-hydroxylation sites is 1. The maximum absolute atomic E-state index is 12.9. The first kappa shape index (κ1) is 22.6. The van der Waals surface area contributed by atoms with Crippen molar-refractivity contribution in [3.05, 3.63) is 34.9 Å². The molecular formula is C24H32ClNO4Si. The van der Waals surface area contributed by atoms with Gasteiger partial charge in [-0.1, -0.05) is 50.6 Å². The van der Waals surface area contributed by atoms with Crippen LogP contribution >= 0.6 is 11.6 Å². The summed E-state index contributed by atoms with van der Waals surface area (Å²) in [5.41, 5.74) is 1.40. The van der Waals surface area contributed by atoms with Gasteiger partial charge in [-0.25, -0.2) is 4.79 Å². The monoisotopic (exact) mass is 461 g/mol. The number of anilines is 1. The highest BCUT2D eigenvalue weighted by molar-refractivity contribution is 6.74. The number of rotatable bonds is 4. The lowest BCUT2D eigenvalue weighted by Gasteiger charge is -2.57. The van der Waals surface area contributed by atoms with E-state index < -0.39 is 25.4 Å². The summed E-state index contributed by atoms with van der Waals surface area (Å²) in [5, 5.41) is 0.830. The zero-order valence-corrected chi connectivity index (χ0v) is 21.0. The van der Waals surface area contributed by atoms with Crippen LogP contribution in [0.25, 0.3) is 5.57 Å². The Morgan fingerprint density at radius 1 is 1.29 bits per heavy atom. The minimum atomic E-state index is -1.99. The van der Waals surface area contributed by atoms with Gasteiger partial charge in [0.1, 0.15) is 6.29 Å². The van der Waals surface area contributed by atoms with Crippen molar-refractivity contribution in [2.45, 2.75) is 63.7 Å². The number of benzene rings is 1. The fraction of sp³-hybridized carbons (Fsp3) is 0.583. The predicted octanol–water partition coefficient (Wildman–Crippen LogP) is 5.98. The first-order valence-corrected chi connectivity index (χ1v) is 14.2. The van der Waals surface area contributed by atoms with Crippen LogP contribution in [0.1, 0.15) is 45.6 Å². The minimum absolute atomic E-state index is 0.0854. The van der Waals surface area contributed by atoms with Crippen molar-refractivity contribution in [2.75, 3.05) is 18.6 Å². The molecule has 0 N–H and O–H groups in total. The second kappa shape index (κ2) is 7.19. The van der Waals surface area contributed by atoms with Crippen LogP contribution in [-0.2, 0) is 14.0 Å². The quantitative estimate of drug-likeness (QED) is 0.408. The third-order valence-corrected chi connectivity index (χ3v) is 13.2. The first-order chi connectivity index (χ1) is 14.4. The second-order valence-corrected chi connectivity index (χ2v) is 15.9. The number of methoxy groups -OCH3 is 1. The van der Waals surface area contributed by atoms with E-state index in [2.05, 4.69) is 33.9 Å². The molecule has 1 aromatic carbocycles. The van der Waals surface area contributed by atoms with E-state index in [0.29, 0.717) is 19.4 Å². The summed E-state index contributed by atoms with van der Waals surface area (Å²) in [4.78, 5) is 27.0. The zero-order valence-electron chi connectivity index (χ0n) is 19.3. The lowest BCUT2D eigenvalue weighted by atomic mass is 9.54. The highest BCUT2D eigenvalue weighted by Gasteiger charge is 2.66. The number of hydrogen-bond donors (Lipinski definition) is 0. The Bertz CT molecular complexity index is 969. The van der Waals surface area contributed by atoms with Crippen LogP contribution in [0.5, 0.6) is 0 Å². The fourth-order valence-corrected chi connectivity index (χ4v) is 6.91. The van der Waals surface area contributed by atoms with Gasteiger partial charge in [-0.2, -0.15) is 0 Å². The third-order valence-electron chi connectivity index (χ3n) is 8.18. The molecule has 1 heterocycles. The van der Waals surface area contributed by atoms with E-state index >= 15 is 0 Å². The maximum Gasteiger partial charge on any atom is 0.414 e. The molecule has 0 saturated heterocycles. The zero-order chi connectivity index (χ0) is 22.8.